The zero-order valence-corrected chi connectivity index (χ0v) is 27.8. The maximum absolute atomic E-state index is 13.6. The van der Waals surface area contributed by atoms with E-state index in [-0.39, 0.29) is 17.9 Å². The number of hydrogen-bond acceptors (Lipinski definition) is 7. The van der Waals surface area contributed by atoms with Gasteiger partial charge >= 0.3 is 5.97 Å². The van der Waals surface area contributed by atoms with E-state index in [9.17, 15) is 24.3 Å². The lowest BCUT2D eigenvalue weighted by Crippen LogP contribution is -2.44. The summed E-state index contributed by atoms with van der Waals surface area (Å²) in [5.74, 6) is -1.84. The molecule has 0 saturated heterocycles. The molecular formula is C38H40N4O7. The summed E-state index contributed by atoms with van der Waals surface area (Å²) in [5.41, 5.74) is 5.60. The Morgan fingerprint density at radius 3 is 2.22 bits per heavy atom. The van der Waals surface area contributed by atoms with Crippen molar-refractivity contribution in [2.45, 2.75) is 51.5 Å². The number of H-pyrrole nitrogens is 1. The molecule has 0 saturated carbocycles. The third-order valence-corrected chi connectivity index (χ3v) is 8.62. The van der Waals surface area contributed by atoms with Crippen LogP contribution in [0.25, 0.3) is 11.6 Å². The molecule has 5 rings (SSSR count). The summed E-state index contributed by atoms with van der Waals surface area (Å²) in [6.45, 7) is 3.53. The summed E-state index contributed by atoms with van der Waals surface area (Å²) in [5, 5.41) is 19.0. The number of aryl methyl sites for hydroxylation is 2. The van der Waals surface area contributed by atoms with E-state index in [4.69, 9.17) is 9.47 Å². The summed E-state index contributed by atoms with van der Waals surface area (Å²) < 4.78 is 10.1. The standard InChI is InChI=1S/C38H40N4O7/c1-22-31(39-23(2)33(22)36(45)41-30(37(46)48-3)17-15-24-11-7-5-8-12-24)21-28-27-20-26(16-18-29(27)40-35(28)44)34(43)42-32(38(47)49-4)19-25-13-9-6-10-14-25/h5-14,16,18,20-21,30,32,37,39,46H,15,17,19H2,1-4H3,(H,40,44)(H,41,45)(H,42,43). The molecule has 0 aliphatic carbocycles. The highest BCUT2D eigenvalue weighted by Gasteiger charge is 2.29. The van der Waals surface area contributed by atoms with Gasteiger partial charge in [-0.3, -0.25) is 14.4 Å². The van der Waals surface area contributed by atoms with Crippen molar-refractivity contribution in [1.29, 1.82) is 0 Å². The average Bonchev–Trinajstić information content (AvgIpc) is 3.58. The van der Waals surface area contributed by atoms with Crippen molar-refractivity contribution in [2.75, 3.05) is 19.5 Å². The molecule has 0 bridgehead atoms. The molecule has 3 unspecified atom stereocenters. The maximum atomic E-state index is 13.6. The number of aromatic amines is 1. The second-order valence-electron chi connectivity index (χ2n) is 11.9. The molecule has 2 heterocycles. The van der Waals surface area contributed by atoms with Gasteiger partial charge in [-0.15, -0.1) is 0 Å². The van der Waals surface area contributed by atoms with Gasteiger partial charge in [0.25, 0.3) is 17.7 Å². The van der Waals surface area contributed by atoms with E-state index in [1.165, 1.54) is 14.2 Å². The largest absolute Gasteiger partial charge is 0.467 e. The fourth-order valence-electron chi connectivity index (χ4n) is 5.96. The van der Waals surface area contributed by atoms with Gasteiger partial charge in [-0.2, -0.15) is 0 Å². The molecule has 0 radical (unpaired) electrons. The number of aliphatic hydroxyl groups is 1. The Morgan fingerprint density at radius 1 is 0.898 bits per heavy atom. The van der Waals surface area contributed by atoms with Gasteiger partial charge in [0.05, 0.1) is 24.3 Å². The first kappa shape index (κ1) is 34.8. The van der Waals surface area contributed by atoms with Gasteiger partial charge in [0.1, 0.15) is 6.04 Å². The summed E-state index contributed by atoms with van der Waals surface area (Å²) in [6, 6.07) is 22.3. The van der Waals surface area contributed by atoms with Gasteiger partial charge in [0.2, 0.25) is 0 Å². The molecule has 1 aliphatic rings. The van der Waals surface area contributed by atoms with E-state index in [0.29, 0.717) is 52.2 Å². The highest BCUT2D eigenvalue weighted by atomic mass is 16.6. The molecule has 3 atom stereocenters. The zero-order valence-electron chi connectivity index (χ0n) is 27.8. The first-order valence-electron chi connectivity index (χ1n) is 15.9. The maximum Gasteiger partial charge on any atom is 0.328 e. The van der Waals surface area contributed by atoms with Crippen LogP contribution in [-0.4, -0.2) is 66.4 Å². The zero-order chi connectivity index (χ0) is 35.1. The number of carbonyl (C=O) groups excluding carboxylic acids is 4. The minimum atomic E-state index is -1.21. The summed E-state index contributed by atoms with van der Waals surface area (Å²) >= 11 is 0. The van der Waals surface area contributed by atoms with Gasteiger partial charge in [-0.1, -0.05) is 60.7 Å². The second-order valence-corrected chi connectivity index (χ2v) is 11.9. The Bertz CT molecular complexity index is 1870. The Kier molecular flexibility index (Phi) is 11.1. The lowest BCUT2D eigenvalue weighted by Gasteiger charge is -2.23. The molecule has 11 heteroatoms. The molecular weight excluding hydrogens is 624 g/mol. The van der Waals surface area contributed by atoms with E-state index in [0.717, 1.165) is 11.1 Å². The third-order valence-electron chi connectivity index (χ3n) is 8.62. The molecule has 1 aromatic heterocycles. The highest BCUT2D eigenvalue weighted by molar-refractivity contribution is 6.35. The van der Waals surface area contributed by atoms with Gasteiger partial charge in [0.15, 0.2) is 6.29 Å². The number of carbonyl (C=O) groups is 4. The van der Waals surface area contributed by atoms with E-state index in [1.54, 1.807) is 38.1 Å². The third kappa shape index (κ3) is 8.14. The number of benzene rings is 3. The number of esters is 1. The van der Waals surface area contributed by atoms with Crippen LogP contribution >= 0.6 is 0 Å². The number of fused-ring (bicyclic) bond motifs is 1. The SMILES string of the molecule is COC(=O)C(Cc1ccccc1)NC(=O)c1ccc2c(c1)C(=Cc1[nH]c(C)c(C(=O)NC(CCc3ccccc3)C(O)OC)c1C)C(=O)N2. The van der Waals surface area contributed by atoms with Gasteiger partial charge in [0, 0.05) is 41.7 Å². The van der Waals surface area contributed by atoms with Crippen molar-refractivity contribution in [1.82, 2.24) is 15.6 Å². The van der Waals surface area contributed by atoms with Crippen LogP contribution in [0.3, 0.4) is 0 Å². The monoisotopic (exact) mass is 664 g/mol. The summed E-state index contributed by atoms with van der Waals surface area (Å²) in [4.78, 5) is 55.8. The second kappa shape index (κ2) is 15.6. The number of hydrogen-bond donors (Lipinski definition) is 5. The number of nitrogens with one attached hydrogen (secondary N) is 4. The molecule has 11 nitrogen and oxygen atoms in total. The molecule has 3 amide bonds. The van der Waals surface area contributed by atoms with Crippen molar-refractivity contribution in [2.24, 2.45) is 0 Å². The van der Waals surface area contributed by atoms with Crippen LogP contribution in [0.2, 0.25) is 0 Å². The predicted molar refractivity (Wildman–Crippen MR) is 186 cm³/mol. The van der Waals surface area contributed by atoms with Crippen LogP contribution in [0, 0.1) is 13.8 Å². The van der Waals surface area contributed by atoms with Crippen LogP contribution in [0.4, 0.5) is 5.69 Å². The number of anilines is 1. The van der Waals surface area contributed by atoms with Crippen LogP contribution in [0.15, 0.2) is 78.9 Å². The predicted octanol–water partition coefficient (Wildman–Crippen LogP) is 4.33. The minimum absolute atomic E-state index is 0.245. The van der Waals surface area contributed by atoms with E-state index >= 15 is 0 Å². The van der Waals surface area contributed by atoms with Gasteiger partial charge in [-0.05, 0) is 67.7 Å². The van der Waals surface area contributed by atoms with Crippen LogP contribution in [0.1, 0.15) is 60.8 Å². The molecule has 5 N–H and O–H groups in total. The summed E-state index contributed by atoms with van der Waals surface area (Å²) in [7, 11) is 2.65. The Morgan fingerprint density at radius 2 is 1.57 bits per heavy atom. The fraction of sp³-hybridized carbons (Fsp3) is 0.263. The first-order valence-corrected chi connectivity index (χ1v) is 15.9. The number of methoxy groups -OCH3 is 2. The average molecular weight is 665 g/mol. The van der Waals surface area contributed by atoms with Crippen molar-refractivity contribution in [3.05, 3.63) is 124 Å². The fourth-order valence-corrected chi connectivity index (χ4v) is 5.96. The van der Waals surface area contributed by atoms with Crippen LogP contribution in [0.5, 0.6) is 0 Å². The van der Waals surface area contributed by atoms with Gasteiger partial charge in [-0.25, -0.2) is 4.79 Å². The van der Waals surface area contributed by atoms with E-state index in [1.807, 2.05) is 60.7 Å². The van der Waals surface area contributed by atoms with Crippen LogP contribution < -0.4 is 16.0 Å². The topological polar surface area (TPSA) is 159 Å². The number of amides is 3. The Balaban J connectivity index is 1.36. The van der Waals surface area contributed by atoms with E-state index in [2.05, 4.69) is 20.9 Å². The lowest BCUT2D eigenvalue weighted by molar-refractivity contribution is -0.142. The van der Waals surface area contributed by atoms with Crippen molar-refractivity contribution in [3.63, 3.8) is 0 Å². The molecule has 4 aromatic rings. The minimum Gasteiger partial charge on any atom is -0.467 e. The number of rotatable bonds is 13. The summed E-state index contributed by atoms with van der Waals surface area (Å²) in [6.07, 6.45) is 1.75. The molecule has 1 aliphatic heterocycles. The van der Waals surface area contributed by atoms with Crippen molar-refractivity contribution in [3.8, 4) is 0 Å². The number of aromatic nitrogens is 1. The molecule has 254 valence electrons. The lowest BCUT2D eigenvalue weighted by atomic mass is 10.0. The number of aliphatic hydroxyl groups excluding tert-OH is 1. The van der Waals surface area contributed by atoms with Gasteiger partial charge < -0.3 is 35.5 Å². The van der Waals surface area contributed by atoms with Crippen molar-refractivity contribution >= 4 is 41.0 Å². The molecule has 0 spiro atoms. The van der Waals surface area contributed by atoms with Crippen molar-refractivity contribution < 1.29 is 33.8 Å². The molecule has 3 aromatic carbocycles. The molecule has 49 heavy (non-hydrogen) atoms. The Labute approximate surface area is 284 Å². The Hall–Kier alpha value is -5.52. The highest BCUT2D eigenvalue weighted by Crippen LogP contribution is 2.35. The normalized spacial score (nSPS) is 14.8. The first-order chi connectivity index (χ1) is 23.6. The molecule has 0 fully saturated rings. The smallest absolute Gasteiger partial charge is 0.328 e. The van der Waals surface area contributed by atoms with E-state index < -0.39 is 36.2 Å². The number of ether oxygens (including phenoxy) is 2. The van der Waals surface area contributed by atoms with Crippen LogP contribution in [-0.2, 0) is 31.9 Å². The quantitative estimate of drug-likeness (QED) is 0.0808.